The van der Waals surface area contributed by atoms with Gasteiger partial charge in [-0.2, -0.15) is 16.8 Å². The molecule has 176 valence electrons. The summed E-state index contributed by atoms with van der Waals surface area (Å²) >= 11 is 6.34. The minimum atomic E-state index is -4.73. The molecular formula is C26H17ClO6S2. The van der Waals surface area contributed by atoms with Gasteiger partial charge in [0.15, 0.2) is 0 Å². The number of rotatable bonds is 3. The van der Waals surface area contributed by atoms with Crippen molar-refractivity contribution in [2.45, 2.75) is 21.6 Å². The Morgan fingerprint density at radius 2 is 1.09 bits per heavy atom. The van der Waals surface area contributed by atoms with Crippen LogP contribution in [0.4, 0.5) is 0 Å². The molecule has 4 aromatic carbocycles. The summed E-state index contributed by atoms with van der Waals surface area (Å²) in [5.74, 6) is -1.36. The molecular weight excluding hydrogens is 508 g/mol. The molecule has 2 aliphatic carbocycles. The average Bonchev–Trinajstić information content (AvgIpc) is 3.29. The summed E-state index contributed by atoms with van der Waals surface area (Å²) < 4.78 is 70.4. The number of fused-ring (bicyclic) bond motifs is 6. The van der Waals surface area contributed by atoms with E-state index in [0.717, 1.165) is 22.3 Å². The van der Waals surface area contributed by atoms with Crippen LogP contribution in [-0.4, -0.2) is 25.9 Å². The lowest BCUT2D eigenvalue weighted by molar-refractivity contribution is 0.477. The molecule has 2 unspecified atom stereocenters. The van der Waals surface area contributed by atoms with Crippen LogP contribution in [0.3, 0.4) is 0 Å². The van der Waals surface area contributed by atoms with Crippen LogP contribution in [0.5, 0.6) is 0 Å². The molecule has 0 amide bonds. The molecule has 0 aromatic heterocycles. The van der Waals surface area contributed by atoms with E-state index in [0.29, 0.717) is 22.3 Å². The van der Waals surface area contributed by atoms with Crippen LogP contribution in [0.15, 0.2) is 88.7 Å². The van der Waals surface area contributed by atoms with Crippen molar-refractivity contribution in [2.24, 2.45) is 0 Å². The Kier molecular flexibility index (Phi) is 4.81. The van der Waals surface area contributed by atoms with Crippen molar-refractivity contribution in [1.29, 1.82) is 0 Å². The van der Waals surface area contributed by atoms with Gasteiger partial charge in [-0.1, -0.05) is 78.3 Å². The summed E-state index contributed by atoms with van der Waals surface area (Å²) in [4.78, 5) is -0.634. The van der Waals surface area contributed by atoms with E-state index in [1.54, 1.807) is 18.2 Å². The number of hydrogen-bond donors (Lipinski definition) is 2. The molecule has 2 N–H and O–H groups in total. The molecule has 0 radical (unpaired) electrons. The van der Waals surface area contributed by atoms with Gasteiger partial charge < -0.3 is 0 Å². The number of halogens is 1. The first-order valence-corrected chi connectivity index (χ1v) is 13.9. The summed E-state index contributed by atoms with van der Waals surface area (Å²) in [6.07, 6.45) is 0. The molecule has 0 saturated heterocycles. The van der Waals surface area contributed by atoms with Crippen molar-refractivity contribution < 1.29 is 25.9 Å². The van der Waals surface area contributed by atoms with Crippen LogP contribution in [0.1, 0.15) is 34.1 Å². The van der Waals surface area contributed by atoms with Gasteiger partial charge in [0.1, 0.15) is 4.90 Å². The minimum absolute atomic E-state index is 0.126. The first kappa shape index (κ1) is 22.5. The van der Waals surface area contributed by atoms with E-state index in [2.05, 4.69) is 0 Å². The fourth-order valence-electron chi connectivity index (χ4n) is 5.73. The second-order valence-corrected chi connectivity index (χ2v) is 11.8. The molecule has 35 heavy (non-hydrogen) atoms. The first-order valence-electron chi connectivity index (χ1n) is 10.7. The van der Waals surface area contributed by atoms with Crippen molar-refractivity contribution in [2.75, 3.05) is 0 Å². The van der Waals surface area contributed by atoms with Gasteiger partial charge in [0.05, 0.1) is 9.92 Å². The zero-order valence-electron chi connectivity index (χ0n) is 17.9. The Hall–Kier alpha value is -3.01. The Morgan fingerprint density at radius 1 is 0.571 bits per heavy atom. The predicted octanol–water partition coefficient (Wildman–Crippen LogP) is 5.76. The van der Waals surface area contributed by atoms with Crippen molar-refractivity contribution in [3.8, 4) is 22.3 Å². The highest BCUT2D eigenvalue weighted by Crippen LogP contribution is 2.60. The van der Waals surface area contributed by atoms with Crippen LogP contribution >= 0.6 is 11.6 Å². The van der Waals surface area contributed by atoms with E-state index < -0.39 is 37.0 Å². The summed E-state index contributed by atoms with van der Waals surface area (Å²) in [6, 6.07) is 22.6. The largest absolute Gasteiger partial charge is 0.296 e. The Morgan fingerprint density at radius 3 is 1.66 bits per heavy atom. The average molecular weight is 525 g/mol. The molecule has 0 saturated carbocycles. The van der Waals surface area contributed by atoms with Crippen molar-refractivity contribution >= 4 is 31.8 Å². The second-order valence-electron chi connectivity index (χ2n) is 8.64. The zero-order chi connectivity index (χ0) is 24.7. The maximum Gasteiger partial charge on any atom is 0.296 e. The van der Waals surface area contributed by atoms with Gasteiger partial charge in [0.25, 0.3) is 20.2 Å². The van der Waals surface area contributed by atoms with Crippen LogP contribution < -0.4 is 0 Å². The molecule has 6 rings (SSSR count). The third-order valence-corrected chi connectivity index (χ3v) is 9.17. The fourth-order valence-corrected chi connectivity index (χ4v) is 7.79. The van der Waals surface area contributed by atoms with Crippen molar-refractivity contribution in [3.05, 3.63) is 106 Å². The molecule has 0 spiro atoms. The maximum absolute atomic E-state index is 12.6. The highest BCUT2D eigenvalue weighted by Gasteiger charge is 2.45. The van der Waals surface area contributed by atoms with Gasteiger partial charge >= 0.3 is 0 Å². The van der Waals surface area contributed by atoms with Crippen molar-refractivity contribution in [1.82, 2.24) is 0 Å². The van der Waals surface area contributed by atoms with Crippen LogP contribution in [0.25, 0.3) is 22.3 Å². The lowest BCUT2D eigenvalue weighted by atomic mass is 9.78. The molecule has 0 aliphatic heterocycles. The van der Waals surface area contributed by atoms with E-state index in [9.17, 15) is 25.9 Å². The lowest BCUT2D eigenvalue weighted by Gasteiger charge is -2.26. The quantitative estimate of drug-likeness (QED) is 0.330. The van der Waals surface area contributed by atoms with Gasteiger partial charge in [-0.05, 0) is 56.6 Å². The topological polar surface area (TPSA) is 109 Å². The molecule has 0 fully saturated rings. The first-order chi connectivity index (χ1) is 16.6. The Balaban J connectivity index is 1.78. The van der Waals surface area contributed by atoms with Gasteiger partial charge in [-0.3, -0.25) is 9.11 Å². The van der Waals surface area contributed by atoms with Gasteiger partial charge in [-0.15, -0.1) is 0 Å². The fraction of sp³-hybridized carbons (Fsp3) is 0.0769. The van der Waals surface area contributed by atoms with Crippen molar-refractivity contribution in [3.63, 3.8) is 0 Å². The number of benzene rings is 4. The van der Waals surface area contributed by atoms with Gasteiger partial charge in [0.2, 0.25) is 0 Å². The summed E-state index contributed by atoms with van der Waals surface area (Å²) in [7, 11) is -9.34. The standard InChI is InChI=1S/C26H17ClO6S2/c27-20-13-12-19-15-7-2-4-9-18(15)24(25(19)26(20)35(31,32)33)23-17-8-3-1-6-14(17)16-10-5-11-21(22(16)23)34(28,29)30/h1-13,23-24H,(H,28,29,30)(H,31,32,33). The Bertz CT molecular complexity index is 1780. The summed E-state index contributed by atoms with van der Waals surface area (Å²) in [6.45, 7) is 0. The zero-order valence-corrected chi connectivity index (χ0v) is 20.3. The monoisotopic (exact) mass is 524 g/mol. The molecule has 2 aliphatic rings. The highest BCUT2D eigenvalue weighted by molar-refractivity contribution is 7.86. The smallest absolute Gasteiger partial charge is 0.282 e. The summed E-state index contributed by atoms with van der Waals surface area (Å²) in [5, 5.41) is -0.126. The second kappa shape index (κ2) is 7.49. The van der Waals surface area contributed by atoms with Crippen LogP contribution in [0, 0.1) is 0 Å². The third-order valence-electron chi connectivity index (χ3n) is 6.88. The predicted molar refractivity (Wildman–Crippen MR) is 132 cm³/mol. The SMILES string of the molecule is O=S(=O)(O)c1cccc2c1C(C1c3ccccc3-c3ccc(Cl)c(S(=O)(=O)O)c31)c1ccccc1-2. The highest BCUT2D eigenvalue weighted by atomic mass is 35.5. The van der Waals surface area contributed by atoms with Gasteiger partial charge in [-0.25, -0.2) is 0 Å². The molecule has 4 aromatic rings. The molecule has 0 heterocycles. The maximum atomic E-state index is 12.6. The number of hydrogen-bond acceptors (Lipinski definition) is 4. The lowest BCUT2D eigenvalue weighted by Crippen LogP contribution is -2.16. The molecule has 0 bridgehead atoms. The molecule has 2 atom stereocenters. The molecule has 9 heteroatoms. The van der Waals surface area contributed by atoms with Gasteiger partial charge in [0, 0.05) is 11.8 Å². The van der Waals surface area contributed by atoms with E-state index in [-0.39, 0.29) is 9.92 Å². The Labute approximate surface area is 207 Å². The van der Waals surface area contributed by atoms with E-state index in [4.69, 9.17) is 11.6 Å². The van der Waals surface area contributed by atoms with E-state index in [1.165, 1.54) is 12.1 Å². The van der Waals surface area contributed by atoms with E-state index >= 15 is 0 Å². The third kappa shape index (κ3) is 3.22. The van der Waals surface area contributed by atoms with Crippen LogP contribution in [0.2, 0.25) is 5.02 Å². The minimum Gasteiger partial charge on any atom is -0.282 e. The normalized spacial score (nSPS) is 18.0. The van der Waals surface area contributed by atoms with E-state index in [1.807, 2.05) is 48.5 Å². The van der Waals surface area contributed by atoms with Crippen LogP contribution in [-0.2, 0) is 20.2 Å². The summed E-state index contributed by atoms with van der Waals surface area (Å²) in [5.41, 5.74) is 5.03. The molecule has 6 nitrogen and oxygen atoms in total.